The molecule has 1 rings (SSSR count). The Hall–Kier alpha value is -1.11. The summed E-state index contributed by atoms with van der Waals surface area (Å²) in [5.74, 6) is 0.681. The van der Waals surface area contributed by atoms with Crippen molar-refractivity contribution in [3.05, 3.63) is 23.8 Å². The van der Waals surface area contributed by atoms with Gasteiger partial charge in [-0.1, -0.05) is 6.92 Å². The Balaban J connectivity index is 3.13. The molecule has 0 bridgehead atoms. The molecule has 6 heteroatoms. The predicted octanol–water partition coefficient (Wildman–Crippen LogP) is 0.713. The molecule has 0 saturated carbocycles. The average Bonchev–Trinajstić information content (AvgIpc) is 2.35. The Morgan fingerprint density at radius 3 is 2.59 bits per heavy atom. The molecule has 0 amide bonds. The van der Waals surface area contributed by atoms with Crippen molar-refractivity contribution in [3.63, 3.8) is 0 Å². The first-order valence-corrected chi connectivity index (χ1v) is 6.84. The van der Waals surface area contributed by atoms with Crippen LogP contribution < -0.4 is 14.8 Å². The van der Waals surface area contributed by atoms with E-state index in [1.165, 1.54) is 13.1 Å². The zero-order valence-electron chi connectivity index (χ0n) is 10.3. The Morgan fingerprint density at radius 1 is 1.35 bits per heavy atom. The molecule has 0 unspecified atom stereocenters. The van der Waals surface area contributed by atoms with E-state index < -0.39 is 10.0 Å². The second-order valence-corrected chi connectivity index (χ2v) is 5.35. The van der Waals surface area contributed by atoms with Crippen molar-refractivity contribution >= 4 is 10.0 Å². The van der Waals surface area contributed by atoms with Gasteiger partial charge in [0.2, 0.25) is 10.0 Å². The van der Waals surface area contributed by atoms with Crippen LogP contribution >= 0.6 is 0 Å². The van der Waals surface area contributed by atoms with Gasteiger partial charge in [0.25, 0.3) is 0 Å². The summed E-state index contributed by atoms with van der Waals surface area (Å²) in [4.78, 5) is 0.244. The van der Waals surface area contributed by atoms with Crippen LogP contribution in [0.3, 0.4) is 0 Å². The molecule has 0 heterocycles. The van der Waals surface area contributed by atoms with Gasteiger partial charge in [0.05, 0.1) is 12.0 Å². The van der Waals surface area contributed by atoms with E-state index in [1.54, 1.807) is 19.2 Å². The summed E-state index contributed by atoms with van der Waals surface area (Å²) >= 11 is 0. The minimum atomic E-state index is -3.40. The largest absolute Gasteiger partial charge is 0.496 e. The van der Waals surface area contributed by atoms with Crippen molar-refractivity contribution in [2.75, 3.05) is 20.7 Å². The van der Waals surface area contributed by atoms with Crippen molar-refractivity contribution in [1.82, 2.24) is 10.0 Å². The van der Waals surface area contributed by atoms with E-state index in [0.29, 0.717) is 12.3 Å². The van der Waals surface area contributed by atoms with Gasteiger partial charge in [-0.2, -0.15) is 0 Å². The van der Waals surface area contributed by atoms with Crippen molar-refractivity contribution in [3.8, 4) is 5.75 Å². The van der Waals surface area contributed by atoms with Gasteiger partial charge >= 0.3 is 0 Å². The molecule has 0 atom stereocenters. The van der Waals surface area contributed by atoms with Crippen LogP contribution in [-0.4, -0.2) is 29.1 Å². The van der Waals surface area contributed by atoms with E-state index >= 15 is 0 Å². The number of hydrogen-bond acceptors (Lipinski definition) is 4. The number of benzene rings is 1. The number of hydrogen-bond donors (Lipinski definition) is 2. The molecule has 0 aliphatic rings. The molecule has 1 aromatic rings. The summed E-state index contributed by atoms with van der Waals surface area (Å²) in [6.45, 7) is 3.37. The normalized spacial score (nSPS) is 11.5. The summed E-state index contributed by atoms with van der Waals surface area (Å²) in [6, 6.07) is 4.81. The average molecular weight is 258 g/mol. The highest BCUT2D eigenvalue weighted by molar-refractivity contribution is 7.89. The van der Waals surface area contributed by atoms with Gasteiger partial charge in [0, 0.05) is 12.1 Å². The monoisotopic (exact) mass is 258 g/mol. The number of rotatable bonds is 6. The summed E-state index contributed by atoms with van der Waals surface area (Å²) < 4.78 is 30.8. The van der Waals surface area contributed by atoms with Crippen LogP contribution in [0.4, 0.5) is 0 Å². The Morgan fingerprint density at radius 2 is 2.06 bits per heavy atom. The topological polar surface area (TPSA) is 67.4 Å². The molecule has 0 radical (unpaired) electrons. The second kappa shape index (κ2) is 6.00. The van der Waals surface area contributed by atoms with Crippen LogP contribution in [0.25, 0.3) is 0 Å². The number of sulfonamides is 1. The minimum Gasteiger partial charge on any atom is -0.496 e. The highest BCUT2D eigenvalue weighted by atomic mass is 32.2. The molecule has 0 spiro atoms. The molecule has 0 aliphatic carbocycles. The van der Waals surface area contributed by atoms with E-state index in [1.807, 2.05) is 6.92 Å². The maximum atomic E-state index is 11.7. The predicted molar refractivity (Wildman–Crippen MR) is 66.6 cm³/mol. The molecule has 5 nitrogen and oxygen atoms in total. The smallest absolute Gasteiger partial charge is 0.240 e. The lowest BCUT2D eigenvalue weighted by Crippen LogP contribution is -2.19. The lowest BCUT2D eigenvalue weighted by molar-refractivity contribution is 0.407. The molecular formula is C11H18N2O3S. The third-order valence-corrected chi connectivity index (χ3v) is 3.81. The van der Waals surface area contributed by atoms with E-state index in [0.717, 1.165) is 12.1 Å². The van der Waals surface area contributed by atoms with Crippen molar-refractivity contribution < 1.29 is 13.2 Å². The molecule has 96 valence electrons. The molecule has 2 N–H and O–H groups in total. The van der Waals surface area contributed by atoms with Gasteiger partial charge < -0.3 is 10.1 Å². The Bertz CT molecular complexity index is 472. The highest BCUT2D eigenvalue weighted by Crippen LogP contribution is 2.22. The first-order valence-electron chi connectivity index (χ1n) is 5.36. The minimum absolute atomic E-state index is 0.244. The van der Waals surface area contributed by atoms with Gasteiger partial charge in [0.1, 0.15) is 5.75 Å². The summed E-state index contributed by atoms with van der Waals surface area (Å²) in [6.07, 6.45) is 0. The molecule has 1 aromatic carbocycles. The molecule has 0 aliphatic heterocycles. The zero-order valence-corrected chi connectivity index (χ0v) is 11.1. The number of nitrogens with one attached hydrogen (secondary N) is 2. The summed E-state index contributed by atoms with van der Waals surface area (Å²) in [5, 5.41) is 3.14. The third kappa shape index (κ3) is 3.42. The standard InChI is InChI=1S/C11H18N2O3S/c1-4-13-8-9-7-10(17(14,15)12-2)5-6-11(9)16-3/h5-7,12-13H,4,8H2,1-3H3. The van der Waals surface area contributed by atoms with Gasteiger partial charge in [-0.05, 0) is 31.8 Å². The molecule has 0 saturated heterocycles. The van der Waals surface area contributed by atoms with Gasteiger partial charge in [-0.25, -0.2) is 13.1 Å². The van der Waals surface area contributed by atoms with E-state index in [2.05, 4.69) is 10.0 Å². The first kappa shape index (κ1) is 14.0. The number of ether oxygens (including phenoxy) is 1. The molecule has 0 fully saturated rings. The van der Waals surface area contributed by atoms with Crippen LogP contribution in [0.1, 0.15) is 12.5 Å². The summed E-state index contributed by atoms with van der Waals surface area (Å²) in [7, 11) is -0.445. The van der Waals surface area contributed by atoms with E-state index in [4.69, 9.17) is 4.74 Å². The fraction of sp³-hybridized carbons (Fsp3) is 0.455. The second-order valence-electron chi connectivity index (χ2n) is 3.46. The quantitative estimate of drug-likeness (QED) is 0.788. The van der Waals surface area contributed by atoms with Crippen LogP contribution in [0.15, 0.2) is 23.1 Å². The number of methoxy groups -OCH3 is 1. The maximum Gasteiger partial charge on any atom is 0.240 e. The van der Waals surface area contributed by atoms with Crippen LogP contribution in [-0.2, 0) is 16.6 Å². The lowest BCUT2D eigenvalue weighted by Gasteiger charge is -2.11. The lowest BCUT2D eigenvalue weighted by atomic mass is 10.2. The summed E-state index contributed by atoms with van der Waals surface area (Å²) in [5.41, 5.74) is 0.825. The highest BCUT2D eigenvalue weighted by Gasteiger charge is 2.13. The van der Waals surface area contributed by atoms with Gasteiger partial charge in [0.15, 0.2) is 0 Å². The zero-order chi connectivity index (χ0) is 12.9. The Labute approximate surface area is 102 Å². The first-order chi connectivity index (χ1) is 8.05. The maximum absolute atomic E-state index is 11.7. The van der Waals surface area contributed by atoms with Crippen molar-refractivity contribution in [1.29, 1.82) is 0 Å². The van der Waals surface area contributed by atoms with Crippen molar-refractivity contribution in [2.24, 2.45) is 0 Å². The van der Waals surface area contributed by atoms with E-state index in [9.17, 15) is 8.42 Å². The molecular weight excluding hydrogens is 240 g/mol. The van der Waals surface area contributed by atoms with Gasteiger partial charge in [-0.3, -0.25) is 0 Å². The van der Waals surface area contributed by atoms with Crippen LogP contribution in [0.5, 0.6) is 5.75 Å². The van der Waals surface area contributed by atoms with Crippen molar-refractivity contribution in [2.45, 2.75) is 18.4 Å². The van der Waals surface area contributed by atoms with Crippen LogP contribution in [0, 0.1) is 0 Å². The molecule has 17 heavy (non-hydrogen) atoms. The third-order valence-electron chi connectivity index (χ3n) is 2.40. The van der Waals surface area contributed by atoms with E-state index in [-0.39, 0.29) is 4.90 Å². The SMILES string of the molecule is CCNCc1cc(S(=O)(=O)NC)ccc1OC. The molecule has 0 aromatic heterocycles. The van der Waals surface area contributed by atoms with Gasteiger partial charge in [-0.15, -0.1) is 0 Å². The van der Waals surface area contributed by atoms with Crippen LogP contribution in [0.2, 0.25) is 0 Å². The fourth-order valence-electron chi connectivity index (χ4n) is 1.44. The Kier molecular flexibility index (Phi) is 4.92. The fourth-order valence-corrected chi connectivity index (χ4v) is 2.22.